The first kappa shape index (κ1) is 13.1. The highest BCUT2D eigenvalue weighted by atomic mass is 15.1. The van der Waals surface area contributed by atoms with Crippen LogP contribution in [0.1, 0.15) is 24.8 Å². The second-order valence-electron chi connectivity index (χ2n) is 5.63. The number of aryl methyl sites for hydroxylation is 1. The first-order valence-electron chi connectivity index (χ1n) is 7.51. The fourth-order valence-electron chi connectivity index (χ4n) is 2.81. The first-order chi connectivity index (χ1) is 9.81. The Morgan fingerprint density at radius 2 is 1.75 bits per heavy atom. The number of anilines is 2. The van der Waals surface area contributed by atoms with Gasteiger partial charge < -0.3 is 14.8 Å². The third kappa shape index (κ3) is 3.16. The van der Waals surface area contributed by atoms with E-state index < -0.39 is 0 Å². The van der Waals surface area contributed by atoms with Crippen LogP contribution in [0.25, 0.3) is 0 Å². The van der Waals surface area contributed by atoms with Gasteiger partial charge in [0.25, 0.3) is 0 Å². The molecule has 0 unspecified atom stereocenters. The highest BCUT2D eigenvalue weighted by Crippen LogP contribution is 2.22. The molecule has 2 heterocycles. The van der Waals surface area contributed by atoms with Crippen molar-refractivity contribution in [2.45, 2.75) is 25.8 Å². The van der Waals surface area contributed by atoms with E-state index in [-0.39, 0.29) is 0 Å². The molecule has 1 N–H and O–H groups in total. The molecule has 3 rings (SSSR count). The van der Waals surface area contributed by atoms with Gasteiger partial charge in [-0.1, -0.05) is 0 Å². The van der Waals surface area contributed by atoms with E-state index in [9.17, 15) is 0 Å². The molecule has 1 fully saturated rings. The molecule has 1 aliphatic rings. The van der Waals surface area contributed by atoms with Crippen molar-refractivity contribution in [2.75, 3.05) is 23.3 Å². The quantitative estimate of drug-likeness (QED) is 0.914. The molecule has 0 saturated carbocycles. The third-order valence-corrected chi connectivity index (χ3v) is 3.98. The van der Waals surface area contributed by atoms with E-state index in [1.807, 2.05) is 0 Å². The molecule has 2 aromatic rings. The molecule has 1 saturated heterocycles. The number of rotatable bonds is 4. The van der Waals surface area contributed by atoms with Gasteiger partial charge in [-0.3, -0.25) is 0 Å². The Labute approximate surface area is 121 Å². The number of hydrogen-bond donors (Lipinski definition) is 1. The van der Waals surface area contributed by atoms with Crippen molar-refractivity contribution in [1.82, 2.24) is 4.57 Å². The molecule has 0 bridgehead atoms. The molecular formula is C17H23N3. The monoisotopic (exact) mass is 269 g/mol. The van der Waals surface area contributed by atoms with Crippen LogP contribution in [0.5, 0.6) is 0 Å². The number of nitrogens with one attached hydrogen (secondary N) is 1. The van der Waals surface area contributed by atoms with Gasteiger partial charge in [0.05, 0.1) is 0 Å². The lowest BCUT2D eigenvalue weighted by Crippen LogP contribution is -2.29. The zero-order valence-electron chi connectivity index (χ0n) is 12.2. The minimum atomic E-state index is 0.879. The van der Waals surface area contributed by atoms with Crippen molar-refractivity contribution in [2.24, 2.45) is 7.05 Å². The number of benzene rings is 1. The largest absolute Gasteiger partial charge is 0.381 e. The van der Waals surface area contributed by atoms with Gasteiger partial charge in [-0.15, -0.1) is 0 Å². The van der Waals surface area contributed by atoms with Crippen LogP contribution < -0.4 is 10.2 Å². The van der Waals surface area contributed by atoms with E-state index in [2.05, 4.69) is 64.6 Å². The van der Waals surface area contributed by atoms with Crippen LogP contribution in [-0.4, -0.2) is 17.7 Å². The van der Waals surface area contributed by atoms with E-state index in [0.717, 1.165) is 6.54 Å². The summed E-state index contributed by atoms with van der Waals surface area (Å²) in [5.74, 6) is 0. The fraction of sp³-hybridized carbons (Fsp3) is 0.412. The third-order valence-electron chi connectivity index (χ3n) is 3.98. The number of piperidine rings is 1. The molecule has 3 heteroatoms. The Bertz CT molecular complexity index is 536. The highest BCUT2D eigenvalue weighted by molar-refractivity contribution is 5.55. The van der Waals surface area contributed by atoms with E-state index in [1.165, 1.54) is 49.3 Å². The second kappa shape index (κ2) is 6.04. The maximum absolute atomic E-state index is 3.47. The Balaban J connectivity index is 1.58. The fourth-order valence-corrected chi connectivity index (χ4v) is 2.81. The molecule has 1 aromatic heterocycles. The molecule has 106 valence electrons. The summed E-state index contributed by atoms with van der Waals surface area (Å²) in [5, 5.41) is 3.47. The van der Waals surface area contributed by atoms with Crippen molar-refractivity contribution < 1.29 is 0 Å². The van der Waals surface area contributed by atoms with Crippen molar-refractivity contribution in [3.8, 4) is 0 Å². The van der Waals surface area contributed by atoms with E-state index in [0.29, 0.717) is 0 Å². The van der Waals surface area contributed by atoms with Gasteiger partial charge in [-0.2, -0.15) is 0 Å². The number of nitrogens with zero attached hydrogens (tertiary/aromatic N) is 2. The standard InChI is InChI=1S/C17H23N3/c1-19-12-9-15(14-19)13-18-16-5-7-17(8-6-16)20-10-3-2-4-11-20/h5-9,12,14,18H,2-4,10-11,13H2,1H3. The molecule has 1 aliphatic heterocycles. The van der Waals surface area contributed by atoms with Crippen molar-refractivity contribution in [3.05, 3.63) is 48.3 Å². The van der Waals surface area contributed by atoms with Gasteiger partial charge in [0.1, 0.15) is 0 Å². The average molecular weight is 269 g/mol. The maximum Gasteiger partial charge on any atom is 0.0415 e. The summed E-state index contributed by atoms with van der Waals surface area (Å²) < 4.78 is 2.08. The minimum absolute atomic E-state index is 0.879. The zero-order chi connectivity index (χ0) is 13.8. The smallest absolute Gasteiger partial charge is 0.0415 e. The molecule has 0 amide bonds. The van der Waals surface area contributed by atoms with Gasteiger partial charge in [0.2, 0.25) is 0 Å². The molecule has 0 radical (unpaired) electrons. The van der Waals surface area contributed by atoms with E-state index >= 15 is 0 Å². The van der Waals surface area contributed by atoms with Crippen LogP contribution in [-0.2, 0) is 13.6 Å². The lowest BCUT2D eigenvalue weighted by molar-refractivity contribution is 0.578. The summed E-state index contributed by atoms with van der Waals surface area (Å²) in [5.41, 5.74) is 3.86. The number of aromatic nitrogens is 1. The van der Waals surface area contributed by atoms with Crippen LogP contribution >= 0.6 is 0 Å². The van der Waals surface area contributed by atoms with Gasteiger partial charge in [0.15, 0.2) is 0 Å². The normalized spacial score (nSPS) is 15.3. The molecule has 0 atom stereocenters. The second-order valence-corrected chi connectivity index (χ2v) is 5.63. The Morgan fingerprint density at radius 3 is 2.40 bits per heavy atom. The summed E-state index contributed by atoms with van der Waals surface area (Å²) >= 11 is 0. The zero-order valence-corrected chi connectivity index (χ0v) is 12.2. The molecule has 0 spiro atoms. The van der Waals surface area contributed by atoms with Crippen molar-refractivity contribution in [3.63, 3.8) is 0 Å². The van der Waals surface area contributed by atoms with Crippen molar-refractivity contribution >= 4 is 11.4 Å². The molecular weight excluding hydrogens is 246 g/mol. The molecule has 20 heavy (non-hydrogen) atoms. The lowest BCUT2D eigenvalue weighted by Gasteiger charge is -2.28. The first-order valence-corrected chi connectivity index (χ1v) is 7.51. The van der Waals surface area contributed by atoms with Crippen LogP contribution in [0, 0.1) is 0 Å². The van der Waals surface area contributed by atoms with E-state index in [1.54, 1.807) is 0 Å². The SMILES string of the molecule is Cn1ccc(CNc2ccc(N3CCCCC3)cc2)c1. The number of hydrogen-bond acceptors (Lipinski definition) is 2. The Hall–Kier alpha value is -1.90. The van der Waals surface area contributed by atoms with Crippen LogP contribution in [0.2, 0.25) is 0 Å². The molecule has 1 aromatic carbocycles. The Morgan fingerprint density at radius 1 is 1.00 bits per heavy atom. The lowest BCUT2D eigenvalue weighted by atomic mass is 10.1. The van der Waals surface area contributed by atoms with Gasteiger partial charge in [-0.05, 0) is 55.2 Å². The summed E-state index contributed by atoms with van der Waals surface area (Å²) in [6.07, 6.45) is 8.26. The highest BCUT2D eigenvalue weighted by Gasteiger charge is 2.10. The molecule has 0 aliphatic carbocycles. The van der Waals surface area contributed by atoms with Crippen LogP contribution in [0.15, 0.2) is 42.7 Å². The topological polar surface area (TPSA) is 20.2 Å². The van der Waals surface area contributed by atoms with Crippen molar-refractivity contribution in [1.29, 1.82) is 0 Å². The van der Waals surface area contributed by atoms with Gasteiger partial charge >= 0.3 is 0 Å². The predicted octanol–water partition coefficient (Wildman–Crippen LogP) is 3.63. The molecule has 3 nitrogen and oxygen atoms in total. The van der Waals surface area contributed by atoms with E-state index in [4.69, 9.17) is 0 Å². The summed E-state index contributed by atoms with van der Waals surface area (Å²) in [6, 6.07) is 11.0. The minimum Gasteiger partial charge on any atom is -0.381 e. The summed E-state index contributed by atoms with van der Waals surface area (Å²) in [4.78, 5) is 2.49. The predicted molar refractivity (Wildman–Crippen MR) is 85.2 cm³/mol. The average Bonchev–Trinajstić information content (AvgIpc) is 2.92. The maximum atomic E-state index is 3.47. The summed E-state index contributed by atoms with van der Waals surface area (Å²) in [7, 11) is 2.05. The van der Waals surface area contributed by atoms with Gasteiger partial charge in [0, 0.05) is 50.5 Å². The summed E-state index contributed by atoms with van der Waals surface area (Å²) in [6.45, 7) is 3.29. The van der Waals surface area contributed by atoms with Crippen LogP contribution in [0.4, 0.5) is 11.4 Å². The van der Waals surface area contributed by atoms with Gasteiger partial charge in [-0.25, -0.2) is 0 Å². The Kier molecular flexibility index (Phi) is 3.95. The van der Waals surface area contributed by atoms with Crippen LogP contribution in [0.3, 0.4) is 0 Å².